The van der Waals surface area contributed by atoms with Gasteiger partial charge in [-0.05, 0) is 18.2 Å². The minimum Gasteiger partial charge on any atom is -0.502 e. The average Bonchev–Trinajstić information content (AvgIpc) is 2.98. The van der Waals surface area contributed by atoms with Gasteiger partial charge in [-0.25, -0.2) is 13.2 Å². The standard InChI is InChI=1S/C14H10O7S/c15-10(8-11(16)14(17)18)13-12(6-7-21-13)22(19,20)9-4-2-1-3-5-9/h1-8,16H,(H,17,18). The largest absolute Gasteiger partial charge is 0.502 e. The molecule has 0 aliphatic rings. The summed E-state index contributed by atoms with van der Waals surface area (Å²) in [6.45, 7) is 0. The van der Waals surface area contributed by atoms with Gasteiger partial charge in [0.2, 0.25) is 21.4 Å². The van der Waals surface area contributed by atoms with Crippen molar-refractivity contribution >= 4 is 21.6 Å². The highest BCUT2D eigenvalue weighted by Crippen LogP contribution is 2.25. The van der Waals surface area contributed by atoms with Crippen molar-refractivity contribution in [1.29, 1.82) is 0 Å². The molecule has 0 fully saturated rings. The van der Waals surface area contributed by atoms with Crippen LogP contribution in [0.3, 0.4) is 0 Å². The molecule has 0 bridgehead atoms. The maximum Gasteiger partial charge on any atom is 0.371 e. The zero-order chi connectivity index (χ0) is 16.3. The van der Waals surface area contributed by atoms with Gasteiger partial charge in [-0.1, -0.05) is 18.2 Å². The zero-order valence-corrected chi connectivity index (χ0v) is 11.8. The van der Waals surface area contributed by atoms with Gasteiger partial charge in [0.15, 0.2) is 5.76 Å². The van der Waals surface area contributed by atoms with Gasteiger partial charge in [0, 0.05) is 6.08 Å². The molecule has 0 aliphatic heterocycles. The van der Waals surface area contributed by atoms with Crippen molar-refractivity contribution in [2.24, 2.45) is 0 Å². The van der Waals surface area contributed by atoms with Crippen molar-refractivity contribution in [3.05, 3.63) is 60.3 Å². The number of carboxylic acids is 1. The van der Waals surface area contributed by atoms with Gasteiger partial charge >= 0.3 is 5.97 Å². The number of allylic oxidation sites excluding steroid dienone is 1. The summed E-state index contributed by atoms with van der Waals surface area (Å²) in [7, 11) is -4.00. The topological polar surface area (TPSA) is 122 Å². The van der Waals surface area contributed by atoms with Gasteiger partial charge in [0.1, 0.15) is 4.90 Å². The van der Waals surface area contributed by atoms with Crippen LogP contribution in [0.5, 0.6) is 0 Å². The molecule has 0 amide bonds. The molecule has 1 aromatic carbocycles. The number of aliphatic hydroxyl groups is 1. The van der Waals surface area contributed by atoms with Crippen molar-refractivity contribution in [2.45, 2.75) is 9.79 Å². The molecule has 1 aromatic heterocycles. The predicted molar refractivity (Wildman–Crippen MR) is 73.3 cm³/mol. The highest BCUT2D eigenvalue weighted by molar-refractivity contribution is 7.91. The first-order chi connectivity index (χ1) is 10.3. The third-order valence-corrected chi connectivity index (χ3v) is 4.48. The molecule has 7 nitrogen and oxygen atoms in total. The second-order valence-electron chi connectivity index (χ2n) is 4.13. The molecule has 0 saturated heterocycles. The van der Waals surface area contributed by atoms with Gasteiger partial charge in [-0.3, -0.25) is 4.79 Å². The summed E-state index contributed by atoms with van der Waals surface area (Å²) in [4.78, 5) is 21.9. The van der Waals surface area contributed by atoms with E-state index in [1.807, 2.05) is 0 Å². The fourth-order valence-corrected chi connectivity index (χ4v) is 3.06. The Balaban J connectivity index is 2.49. The number of aliphatic hydroxyl groups excluding tert-OH is 1. The van der Waals surface area contributed by atoms with Crippen LogP contribution >= 0.6 is 0 Å². The van der Waals surface area contributed by atoms with Crippen molar-refractivity contribution < 1.29 is 32.6 Å². The predicted octanol–water partition coefficient (Wildman–Crippen LogP) is 1.82. The molecule has 8 heteroatoms. The average molecular weight is 322 g/mol. The van der Waals surface area contributed by atoms with Crippen molar-refractivity contribution in [2.75, 3.05) is 0 Å². The molecule has 2 N–H and O–H groups in total. The Kier molecular flexibility index (Phi) is 4.13. The van der Waals surface area contributed by atoms with Crippen LogP contribution in [0.25, 0.3) is 0 Å². The molecular weight excluding hydrogens is 312 g/mol. The number of carbonyl (C=O) groups excluding carboxylic acids is 1. The van der Waals surface area contributed by atoms with Gasteiger partial charge in [0.25, 0.3) is 0 Å². The number of furan rings is 1. The molecule has 2 aromatic rings. The van der Waals surface area contributed by atoms with Crippen LogP contribution in [-0.4, -0.2) is 30.4 Å². The van der Waals surface area contributed by atoms with E-state index < -0.39 is 38.0 Å². The summed E-state index contributed by atoms with van der Waals surface area (Å²) in [5, 5.41) is 17.6. The number of hydrogen-bond acceptors (Lipinski definition) is 6. The lowest BCUT2D eigenvalue weighted by atomic mass is 10.2. The Morgan fingerprint density at radius 1 is 1.05 bits per heavy atom. The van der Waals surface area contributed by atoms with Crippen LogP contribution in [0.4, 0.5) is 0 Å². The van der Waals surface area contributed by atoms with Crippen LogP contribution in [0, 0.1) is 0 Å². The zero-order valence-electron chi connectivity index (χ0n) is 11.0. The molecule has 2 rings (SSSR count). The van der Waals surface area contributed by atoms with Gasteiger partial charge in [-0.2, -0.15) is 0 Å². The second-order valence-corrected chi connectivity index (χ2v) is 6.05. The molecule has 0 radical (unpaired) electrons. The van der Waals surface area contributed by atoms with E-state index in [1.165, 1.54) is 24.3 Å². The van der Waals surface area contributed by atoms with Gasteiger partial charge in [-0.15, -0.1) is 0 Å². The Hall–Kier alpha value is -2.87. The summed E-state index contributed by atoms with van der Waals surface area (Å²) in [6, 6.07) is 8.45. The second kappa shape index (κ2) is 5.86. The first-order valence-electron chi connectivity index (χ1n) is 5.90. The number of aliphatic carboxylic acids is 1. The number of ketones is 1. The molecular formula is C14H10O7S. The maximum absolute atomic E-state index is 12.4. The van der Waals surface area contributed by atoms with E-state index in [0.717, 1.165) is 12.3 Å². The van der Waals surface area contributed by atoms with E-state index in [9.17, 15) is 18.0 Å². The summed E-state index contributed by atoms with van der Waals surface area (Å²) in [5.41, 5.74) is 0. The quantitative estimate of drug-likeness (QED) is 0.489. The summed E-state index contributed by atoms with van der Waals surface area (Å²) in [6.07, 6.45) is 1.37. The maximum atomic E-state index is 12.4. The van der Waals surface area contributed by atoms with E-state index in [4.69, 9.17) is 14.6 Å². The van der Waals surface area contributed by atoms with E-state index >= 15 is 0 Å². The van der Waals surface area contributed by atoms with E-state index in [-0.39, 0.29) is 4.90 Å². The lowest BCUT2D eigenvalue weighted by Gasteiger charge is -2.03. The van der Waals surface area contributed by atoms with Gasteiger partial charge < -0.3 is 14.6 Å². The monoisotopic (exact) mass is 322 g/mol. The van der Waals surface area contributed by atoms with Crippen molar-refractivity contribution in [3.63, 3.8) is 0 Å². The first kappa shape index (κ1) is 15.5. The molecule has 114 valence electrons. The Bertz CT molecular complexity index is 844. The number of benzene rings is 1. The highest BCUT2D eigenvalue weighted by Gasteiger charge is 2.27. The molecule has 0 unspecified atom stereocenters. The van der Waals surface area contributed by atoms with Crippen LogP contribution in [-0.2, 0) is 14.6 Å². The van der Waals surface area contributed by atoms with Gasteiger partial charge in [0.05, 0.1) is 11.2 Å². The number of carboxylic acid groups (broad SMARTS) is 1. The lowest BCUT2D eigenvalue weighted by molar-refractivity contribution is -0.135. The van der Waals surface area contributed by atoms with E-state index in [2.05, 4.69) is 0 Å². The molecule has 22 heavy (non-hydrogen) atoms. The van der Waals surface area contributed by atoms with Crippen molar-refractivity contribution in [1.82, 2.24) is 0 Å². The smallest absolute Gasteiger partial charge is 0.371 e. The number of carbonyl (C=O) groups is 2. The van der Waals surface area contributed by atoms with Crippen LogP contribution < -0.4 is 0 Å². The molecule has 1 heterocycles. The summed E-state index contributed by atoms with van der Waals surface area (Å²) >= 11 is 0. The summed E-state index contributed by atoms with van der Waals surface area (Å²) in [5.74, 6) is -4.58. The number of sulfone groups is 1. The molecule has 0 spiro atoms. The Labute approximate surface area is 125 Å². The van der Waals surface area contributed by atoms with Crippen molar-refractivity contribution in [3.8, 4) is 0 Å². The fraction of sp³-hybridized carbons (Fsp3) is 0. The van der Waals surface area contributed by atoms with Crippen LogP contribution in [0.15, 0.2) is 68.7 Å². The number of hydrogen-bond donors (Lipinski definition) is 2. The molecule has 0 saturated carbocycles. The Morgan fingerprint density at radius 2 is 1.68 bits per heavy atom. The molecule has 0 atom stereocenters. The third-order valence-electron chi connectivity index (χ3n) is 2.68. The number of rotatable bonds is 5. The van der Waals surface area contributed by atoms with Crippen LogP contribution in [0.1, 0.15) is 10.6 Å². The molecule has 0 aliphatic carbocycles. The SMILES string of the molecule is O=C(O)C(O)=CC(=O)c1occc1S(=O)(=O)c1ccccc1. The summed E-state index contributed by atoms with van der Waals surface area (Å²) < 4.78 is 29.7. The minimum atomic E-state index is -4.00. The van der Waals surface area contributed by atoms with E-state index in [1.54, 1.807) is 6.07 Å². The highest BCUT2D eigenvalue weighted by atomic mass is 32.2. The normalized spacial score (nSPS) is 12.1. The first-order valence-corrected chi connectivity index (χ1v) is 7.38. The van der Waals surface area contributed by atoms with E-state index in [0.29, 0.717) is 6.08 Å². The fourth-order valence-electron chi connectivity index (χ4n) is 1.67. The minimum absolute atomic E-state index is 0.0445. The van der Waals surface area contributed by atoms with Crippen LogP contribution in [0.2, 0.25) is 0 Å². The lowest BCUT2D eigenvalue weighted by Crippen LogP contribution is -2.08. The third kappa shape index (κ3) is 2.91. The Morgan fingerprint density at radius 3 is 2.27 bits per heavy atom.